The fourth-order valence-corrected chi connectivity index (χ4v) is 7.67. The number of esters is 2. The van der Waals surface area contributed by atoms with Crippen LogP contribution in [0.4, 0.5) is 4.39 Å². The molecule has 4 heterocycles. The molecule has 44 heavy (non-hydrogen) atoms. The Hall–Kier alpha value is -4.12. The second kappa shape index (κ2) is 10.2. The van der Waals surface area contributed by atoms with Gasteiger partial charge in [-0.1, -0.05) is 6.92 Å². The number of carbonyl (C=O) groups excluding carboxylic acids is 3. The maximum atomic E-state index is 15.2. The molecule has 1 aromatic carbocycles. The highest BCUT2D eigenvalue weighted by Crippen LogP contribution is 2.46. The summed E-state index contributed by atoms with van der Waals surface area (Å²) >= 11 is 0. The lowest BCUT2D eigenvalue weighted by atomic mass is 9.81. The molecule has 4 aliphatic rings. The number of amides is 1. The SMILES string of the molecule is CC[C@@]1(O)C(=O)OCc2c1cc1n(c2=O)Cc2c-1nc1cc(F)c(C)c3c1c2[C@@H](NC(=O)[C@H]1CC[C@H](OC(C)=O)CC1)CC3. The molecule has 0 bridgehead atoms. The minimum Gasteiger partial charge on any atom is -0.463 e. The van der Waals surface area contributed by atoms with Crippen molar-refractivity contribution in [2.45, 2.75) is 96.6 Å². The molecule has 2 aromatic heterocycles. The Bertz CT molecular complexity index is 1840. The molecule has 1 fully saturated rings. The Labute approximate surface area is 252 Å². The van der Waals surface area contributed by atoms with E-state index >= 15 is 4.39 Å². The van der Waals surface area contributed by atoms with Crippen LogP contribution < -0.4 is 10.9 Å². The van der Waals surface area contributed by atoms with Crippen molar-refractivity contribution in [3.05, 3.63) is 61.7 Å². The van der Waals surface area contributed by atoms with Crippen LogP contribution in [-0.2, 0) is 49.0 Å². The number of nitrogens with one attached hydrogen (secondary N) is 1. The van der Waals surface area contributed by atoms with Gasteiger partial charge in [-0.15, -0.1) is 0 Å². The lowest BCUT2D eigenvalue weighted by Gasteiger charge is -2.32. The smallest absolute Gasteiger partial charge is 0.343 e. The number of nitrogens with zero attached hydrogens (tertiary/aromatic N) is 2. The molecule has 10 nitrogen and oxygen atoms in total. The number of aliphatic hydroxyl groups is 1. The standard InChI is InChI=1S/C33H34FN3O7/c1-4-33(42)22-11-26-29-20(13-37(26)31(40)21(22)14-43-32(33)41)28-24(10-9-19-15(2)23(34)12-25(35-29)27(19)28)36-30(39)17-5-7-18(8-6-17)44-16(3)38/h11-12,17-18,24,42H,4-10,13-14H2,1-3H3,(H,36,39)/t17-,18-,24-,33-/m0/s1. The van der Waals surface area contributed by atoms with Gasteiger partial charge in [-0.25, -0.2) is 14.2 Å². The molecule has 0 unspecified atom stereocenters. The van der Waals surface area contributed by atoms with Crippen LogP contribution in [0.2, 0.25) is 0 Å². The van der Waals surface area contributed by atoms with Crippen molar-refractivity contribution < 1.29 is 33.4 Å². The van der Waals surface area contributed by atoms with Gasteiger partial charge in [0.05, 0.1) is 35.1 Å². The van der Waals surface area contributed by atoms with E-state index in [0.29, 0.717) is 61.0 Å². The molecule has 7 rings (SSSR count). The summed E-state index contributed by atoms with van der Waals surface area (Å²) in [5.41, 5.74) is 2.42. The molecule has 11 heteroatoms. The Balaban J connectivity index is 1.33. The van der Waals surface area contributed by atoms with Crippen molar-refractivity contribution in [1.29, 1.82) is 0 Å². The lowest BCUT2D eigenvalue weighted by Crippen LogP contribution is -2.44. The summed E-state index contributed by atoms with van der Waals surface area (Å²) in [5.74, 6) is -1.80. The maximum absolute atomic E-state index is 15.2. The zero-order valence-corrected chi connectivity index (χ0v) is 24.9. The highest BCUT2D eigenvalue weighted by atomic mass is 19.1. The number of cyclic esters (lactones) is 1. The number of pyridine rings is 2. The monoisotopic (exact) mass is 603 g/mol. The van der Waals surface area contributed by atoms with Crippen molar-refractivity contribution in [2.75, 3.05) is 0 Å². The molecule has 0 saturated heterocycles. The van der Waals surface area contributed by atoms with Gasteiger partial charge < -0.3 is 24.5 Å². The molecule has 0 spiro atoms. The van der Waals surface area contributed by atoms with Crippen LogP contribution in [0.1, 0.15) is 91.8 Å². The topological polar surface area (TPSA) is 137 Å². The van der Waals surface area contributed by atoms with Crippen molar-refractivity contribution in [1.82, 2.24) is 14.9 Å². The molecular weight excluding hydrogens is 569 g/mol. The predicted molar refractivity (Wildman–Crippen MR) is 156 cm³/mol. The van der Waals surface area contributed by atoms with Gasteiger partial charge in [0.2, 0.25) is 5.91 Å². The van der Waals surface area contributed by atoms with Crippen molar-refractivity contribution in [2.24, 2.45) is 5.92 Å². The number of fused-ring (bicyclic) bond motifs is 5. The average molecular weight is 604 g/mol. The van der Waals surface area contributed by atoms with Crippen LogP contribution >= 0.6 is 0 Å². The number of aromatic nitrogens is 2. The van der Waals surface area contributed by atoms with E-state index in [0.717, 1.165) is 22.1 Å². The molecule has 3 aromatic rings. The number of aryl methyl sites for hydroxylation is 1. The maximum Gasteiger partial charge on any atom is 0.343 e. The molecule has 2 N–H and O–H groups in total. The Morgan fingerprint density at radius 2 is 1.91 bits per heavy atom. The normalized spacial score (nSPS) is 25.1. The third-order valence-corrected chi connectivity index (χ3v) is 10.1. The van der Waals surface area contributed by atoms with E-state index in [9.17, 15) is 24.3 Å². The van der Waals surface area contributed by atoms with Crippen molar-refractivity contribution in [3.63, 3.8) is 0 Å². The first-order chi connectivity index (χ1) is 21.0. The third-order valence-electron chi connectivity index (χ3n) is 10.1. The van der Waals surface area contributed by atoms with Crippen LogP contribution in [0.3, 0.4) is 0 Å². The number of halogens is 1. The van der Waals surface area contributed by atoms with Gasteiger partial charge in [-0.2, -0.15) is 0 Å². The molecule has 1 saturated carbocycles. The minimum atomic E-state index is -1.96. The first-order valence-electron chi connectivity index (χ1n) is 15.3. The quantitative estimate of drug-likeness (QED) is 0.337. The van der Waals surface area contributed by atoms with E-state index in [1.807, 2.05) is 0 Å². The summed E-state index contributed by atoms with van der Waals surface area (Å²) in [6.07, 6.45) is 3.42. The summed E-state index contributed by atoms with van der Waals surface area (Å²) in [5, 5.41) is 15.3. The van der Waals surface area contributed by atoms with E-state index < -0.39 is 11.6 Å². The third kappa shape index (κ3) is 4.19. The van der Waals surface area contributed by atoms with Crippen LogP contribution in [0.5, 0.6) is 0 Å². The summed E-state index contributed by atoms with van der Waals surface area (Å²) in [6, 6.07) is 2.65. The average Bonchev–Trinajstić information content (AvgIpc) is 3.37. The molecular formula is C33H34FN3O7. The zero-order valence-electron chi connectivity index (χ0n) is 24.9. The highest BCUT2D eigenvalue weighted by molar-refractivity contribution is 5.94. The molecule has 2 atom stereocenters. The van der Waals surface area contributed by atoms with Gasteiger partial charge in [-0.3, -0.25) is 14.4 Å². The molecule has 2 aliphatic carbocycles. The number of hydrogen-bond donors (Lipinski definition) is 2. The van der Waals surface area contributed by atoms with Crippen LogP contribution in [0.25, 0.3) is 22.3 Å². The van der Waals surface area contributed by atoms with Crippen molar-refractivity contribution in [3.8, 4) is 11.4 Å². The fraction of sp³-hybridized carbons (Fsp3) is 0.485. The molecule has 0 radical (unpaired) electrons. The summed E-state index contributed by atoms with van der Waals surface area (Å²) in [6.45, 7) is 4.73. The van der Waals surface area contributed by atoms with Crippen molar-refractivity contribution >= 4 is 28.7 Å². The van der Waals surface area contributed by atoms with Crippen LogP contribution in [-0.4, -0.2) is 38.6 Å². The van der Waals surface area contributed by atoms with E-state index in [2.05, 4.69) is 5.32 Å². The molecule has 230 valence electrons. The van der Waals surface area contributed by atoms with E-state index in [-0.39, 0.29) is 72.0 Å². The van der Waals surface area contributed by atoms with Gasteiger partial charge >= 0.3 is 11.9 Å². The minimum absolute atomic E-state index is 0.0235. The highest BCUT2D eigenvalue weighted by Gasteiger charge is 2.46. The first kappa shape index (κ1) is 28.6. The van der Waals surface area contributed by atoms with E-state index in [1.54, 1.807) is 24.5 Å². The first-order valence-corrected chi connectivity index (χ1v) is 15.3. The summed E-state index contributed by atoms with van der Waals surface area (Å²) in [7, 11) is 0. The zero-order chi connectivity index (χ0) is 31.1. The molecule has 2 aliphatic heterocycles. The number of hydrogen-bond acceptors (Lipinski definition) is 8. The summed E-state index contributed by atoms with van der Waals surface area (Å²) in [4.78, 5) is 56.2. The van der Waals surface area contributed by atoms with Gasteiger partial charge in [0.1, 0.15) is 18.5 Å². The van der Waals surface area contributed by atoms with Crippen LogP contribution in [0, 0.1) is 18.7 Å². The van der Waals surface area contributed by atoms with Gasteiger partial charge in [0, 0.05) is 35.4 Å². The number of ether oxygens (including phenoxy) is 2. The number of rotatable bonds is 4. The fourth-order valence-electron chi connectivity index (χ4n) is 7.67. The van der Waals surface area contributed by atoms with Crippen LogP contribution in [0.15, 0.2) is 16.9 Å². The largest absolute Gasteiger partial charge is 0.463 e. The second-order valence-corrected chi connectivity index (χ2v) is 12.5. The number of carbonyl (C=O) groups is 3. The summed E-state index contributed by atoms with van der Waals surface area (Å²) < 4.78 is 27.3. The van der Waals surface area contributed by atoms with Gasteiger partial charge in [-0.05, 0) is 74.6 Å². The predicted octanol–water partition coefficient (Wildman–Crippen LogP) is 3.75. The lowest BCUT2D eigenvalue weighted by molar-refractivity contribution is -0.172. The number of benzene rings is 1. The van der Waals surface area contributed by atoms with Gasteiger partial charge in [0.25, 0.3) is 5.56 Å². The van der Waals surface area contributed by atoms with Gasteiger partial charge in [0.15, 0.2) is 5.60 Å². The Kier molecular flexibility index (Phi) is 6.65. The Morgan fingerprint density at radius 3 is 2.61 bits per heavy atom. The molecule has 1 amide bonds. The Morgan fingerprint density at radius 1 is 1.16 bits per heavy atom. The van der Waals surface area contributed by atoms with E-state index in [4.69, 9.17) is 14.5 Å². The van der Waals surface area contributed by atoms with E-state index in [1.165, 1.54) is 13.0 Å². The second-order valence-electron chi connectivity index (χ2n) is 12.5.